The first-order chi connectivity index (χ1) is 12.5. The van der Waals surface area contributed by atoms with Gasteiger partial charge in [-0.2, -0.15) is 5.41 Å². The molecule has 0 aromatic rings. The Bertz CT molecular complexity index is 471. The largest absolute Gasteiger partial charge is 0.337 e. The lowest BCUT2D eigenvalue weighted by atomic mass is 9.56. The Hall–Kier alpha value is -0.260. The minimum absolute atomic E-state index is 0.193. The summed E-state index contributed by atoms with van der Waals surface area (Å²) in [5.74, 6) is 0.653. The molecule has 0 heterocycles. The van der Waals surface area contributed by atoms with Crippen LogP contribution in [-0.4, -0.2) is 0 Å². The lowest BCUT2D eigenvalue weighted by molar-refractivity contribution is 0.00575. The first kappa shape index (κ1) is 34.4. The third kappa shape index (κ3) is 12.6. The zero-order valence-corrected chi connectivity index (χ0v) is 25.3. The molecule has 0 bridgehead atoms. The van der Waals surface area contributed by atoms with Gasteiger partial charge in [-0.05, 0) is 47.8 Å². The van der Waals surface area contributed by atoms with Gasteiger partial charge in [-0.1, -0.05) is 135 Å². The van der Waals surface area contributed by atoms with Crippen molar-refractivity contribution >= 4 is 0 Å². The highest BCUT2D eigenvalue weighted by atomic mass is 14.5. The summed E-state index contributed by atoms with van der Waals surface area (Å²) in [5.41, 5.74) is 5.02. The second kappa shape index (κ2) is 11.0. The minimum atomic E-state index is 0.193. The Kier molecular flexibility index (Phi) is 12.7. The highest BCUT2D eigenvalue weighted by Gasteiger charge is 2.42. The van der Waals surface area contributed by atoms with Gasteiger partial charge in [-0.3, -0.25) is 0 Å². The first-order valence-electron chi connectivity index (χ1n) is 12.0. The summed E-state index contributed by atoms with van der Waals surface area (Å²) < 4.78 is 0. The molecule has 1 atom stereocenters. The Morgan fingerprint density at radius 2 is 0.833 bits per heavy atom. The fraction of sp³-hybridized carbons (Fsp3) is 0.900. The zero-order valence-electron chi connectivity index (χ0n) is 25.3. The average Bonchev–Trinajstić information content (AvgIpc) is 2.41. The smallest absolute Gasteiger partial charge is 0.0173 e. The Morgan fingerprint density at radius 3 is 0.833 bits per heavy atom. The molecule has 0 spiro atoms. The molecule has 0 amide bonds. The molecule has 184 valence electrons. The molecule has 0 N–H and O–H groups in total. The molecule has 0 aliphatic heterocycles. The standard InChI is InChI=1S/C11H24.C10H21.C9H18/c1-9(2,3)11(7,8)10(4,5)6;1-8(9(2,3)4)10(5,6)7;1-7(2)8(3)9(4,5)6/h1-8H3;8H,2H2,1,3-7H3;1-6H3/q;-1;. The zero-order chi connectivity index (χ0) is 25.7. The molecule has 0 aliphatic carbocycles. The molecule has 0 fully saturated rings. The number of rotatable bonds is 1. The fourth-order valence-electron chi connectivity index (χ4n) is 3.05. The molecule has 0 nitrogen and oxygen atoms in total. The van der Waals surface area contributed by atoms with Crippen LogP contribution >= 0.6 is 0 Å². The van der Waals surface area contributed by atoms with E-state index >= 15 is 0 Å². The van der Waals surface area contributed by atoms with Crippen molar-refractivity contribution in [2.45, 2.75) is 138 Å². The summed E-state index contributed by atoms with van der Waals surface area (Å²) in [4.78, 5) is 0. The highest BCUT2D eigenvalue weighted by molar-refractivity contribution is 5.13. The fourth-order valence-corrected chi connectivity index (χ4v) is 3.05. The van der Waals surface area contributed by atoms with Crippen LogP contribution in [0.1, 0.15) is 138 Å². The van der Waals surface area contributed by atoms with Crippen LogP contribution in [0.25, 0.3) is 0 Å². The molecule has 0 saturated heterocycles. The van der Waals surface area contributed by atoms with Crippen LogP contribution in [0.2, 0.25) is 0 Å². The molecule has 0 saturated carbocycles. The maximum atomic E-state index is 4.14. The van der Waals surface area contributed by atoms with E-state index in [-0.39, 0.29) is 5.41 Å². The van der Waals surface area contributed by atoms with Gasteiger partial charge in [-0.25, -0.2) is 0 Å². The van der Waals surface area contributed by atoms with Crippen molar-refractivity contribution in [2.24, 2.45) is 38.4 Å². The van der Waals surface area contributed by atoms with Crippen LogP contribution in [0.3, 0.4) is 0 Å². The highest BCUT2D eigenvalue weighted by Crippen LogP contribution is 2.50. The lowest BCUT2D eigenvalue weighted by Crippen LogP contribution is -2.41. The van der Waals surface area contributed by atoms with Gasteiger partial charge in [0, 0.05) is 0 Å². The summed E-state index contributed by atoms with van der Waals surface area (Å²) in [6, 6.07) is 0. The molecule has 0 aromatic carbocycles. The van der Waals surface area contributed by atoms with Crippen molar-refractivity contribution < 1.29 is 0 Å². The monoisotopic (exact) mass is 423 g/mol. The van der Waals surface area contributed by atoms with Crippen LogP contribution in [0.5, 0.6) is 0 Å². The molecule has 0 aromatic heterocycles. The second-order valence-corrected chi connectivity index (χ2v) is 15.1. The van der Waals surface area contributed by atoms with E-state index in [4.69, 9.17) is 0 Å². The number of allylic oxidation sites excluding steroid dienone is 2. The molecule has 0 heteroatoms. The van der Waals surface area contributed by atoms with Gasteiger partial charge < -0.3 is 6.92 Å². The topological polar surface area (TPSA) is 0 Å². The average molecular weight is 424 g/mol. The van der Waals surface area contributed by atoms with Gasteiger partial charge in [0.15, 0.2) is 0 Å². The van der Waals surface area contributed by atoms with Crippen molar-refractivity contribution in [3.63, 3.8) is 0 Å². The lowest BCUT2D eigenvalue weighted by Gasteiger charge is -2.49. The van der Waals surface area contributed by atoms with E-state index in [2.05, 4.69) is 145 Å². The summed E-state index contributed by atoms with van der Waals surface area (Å²) in [6.45, 7) is 49.5. The van der Waals surface area contributed by atoms with E-state index in [1.165, 1.54) is 11.1 Å². The van der Waals surface area contributed by atoms with Crippen LogP contribution in [0.4, 0.5) is 0 Å². The van der Waals surface area contributed by atoms with Gasteiger partial charge in [0.1, 0.15) is 0 Å². The van der Waals surface area contributed by atoms with E-state index in [1.54, 1.807) is 0 Å². The minimum Gasteiger partial charge on any atom is -0.337 e. The second-order valence-electron chi connectivity index (χ2n) is 15.1. The van der Waals surface area contributed by atoms with Crippen molar-refractivity contribution in [1.82, 2.24) is 0 Å². The SMILES string of the molecule is CC(C)(C)C(C)(C)C(C)(C)C.CC(C)=C(C)C(C)(C)C.[CH2-]C(C)(C)C(C)C(C)(C)C. The quantitative estimate of drug-likeness (QED) is 0.290. The predicted octanol–water partition coefficient (Wildman–Crippen LogP) is 11.0. The molecular weight excluding hydrogens is 360 g/mol. The maximum Gasteiger partial charge on any atom is -0.0173 e. The Labute approximate surface area is 195 Å². The van der Waals surface area contributed by atoms with Crippen LogP contribution in [0.15, 0.2) is 11.1 Å². The molecule has 0 aliphatic rings. The van der Waals surface area contributed by atoms with Gasteiger partial charge in [0.05, 0.1) is 0 Å². The number of hydrogen-bond donors (Lipinski definition) is 0. The summed E-state index contributed by atoms with van der Waals surface area (Å²) >= 11 is 0. The third-order valence-electron chi connectivity index (χ3n) is 8.10. The molecular formula is C30H63-. The Morgan fingerprint density at radius 1 is 0.567 bits per heavy atom. The van der Waals surface area contributed by atoms with Gasteiger partial charge in [0.2, 0.25) is 0 Å². The Balaban J connectivity index is -0.000000366. The first-order valence-corrected chi connectivity index (χ1v) is 12.0. The van der Waals surface area contributed by atoms with Crippen LogP contribution < -0.4 is 0 Å². The normalized spacial score (nSPS) is 14.7. The van der Waals surface area contributed by atoms with Crippen LogP contribution in [0, 0.1) is 45.3 Å². The molecule has 0 radical (unpaired) electrons. The van der Waals surface area contributed by atoms with Crippen molar-refractivity contribution in [1.29, 1.82) is 0 Å². The summed E-state index contributed by atoms with van der Waals surface area (Å²) in [7, 11) is 0. The predicted molar refractivity (Wildman–Crippen MR) is 144 cm³/mol. The maximum absolute atomic E-state index is 4.14. The van der Waals surface area contributed by atoms with Crippen molar-refractivity contribution in [3.05, 3.63) is 18.1 Å². The number of hydrogen-bond acceptors (Lipinski definition) is 0. The molecule has 0 rings (SSSR count). The van der Waals surface area contributed by atoms with Gasteiger partial charge >= 0.3 is 0 Å². The van der Waals surface area contributed by atoms with Crippen molar-refractivity contribution in [2.75, 3.05) is 0 Å². The molecule has 30 heavy (non-hydrogen) atoms. The van der Waals surface area contributed by atoms with E-state index < -0.39 is 0 Å². The van der Waals surface area contributed by atoms with E-state index in [0.29, 0.717) is 33.0 Å². The molecule has 1 unspecified atom stereocenters. The van der Waals surface area contributed by atoms with E-state index in [1.807, 2.05) is 0 Å². The van der Waals surface area contributed by atoms with Gasteiger partial charge in [0.25, 0.3) is 0 Å². The van der Waals surface area contributed by atoms with E-state index in [9.17, 15) is 0 Å². The third-order valence-corrected chi connectivity index (χ3v) is 8.10. The van der Waals surface area contributed by atoms with Crippen LogP contribution in [-0.2, 0) is 0 Å². The summed E-state index contributed by atoms with van der Waals surface area (Å²) in [5, 5.41) is 0. The van der Waals surface area contributed by atoms with Gasteiger partial charge in [-0.15, -0.1) is 0 Å². The van der Waals surface area contributed by atoms with Crippen molar-refractivity contribution in [3.8, 4) is 0 Å². The summed E-state index contributed by atoms with van der Waals surface area (Å²) in [6.07, 6.45) is 0. The van der Waals surface area contributed by atoms with E-state index in [0.717, 1.165) is 0 Å².